The lowest BCUT2D eigenvalue weighted by Gasteiger charge is -2.10. The summed E-state index contributed by atoms with van der Waals surface area (Å²) in [4.78, 5) is 35.3. The molecule has 0 radical (unpaired) electrons. The maximum Gasteiger partial charge on any atom is 0.315 e. The number of rotatable bonds is 6. The molecule has 0 atom stereocenters. The molecule has 2 aromatic rings. The van der Waals surface area contributed by atoms with Gasteiger partial charge in [-0.1, -0.05) is 24.3 Å². The molecule has 0 aliphatic heterocycles. The highest BCUT2D eigenvalue weighted by Crippen LogP contribution is 2.13. The van der Waals surface area contributed by atoms with Crippen LogP contribution in [0.5, 0.6) is 0 Å². The van der Waals surface area contributed by atoms with Gasteiger partial charge in [-0.25, -0.2) is 4.79 Å². The number of ketones is 1. The molecule has 0 heterocycles. The minimum absolute atomic E-state index is 0.0561. The van der Waals surface area contributed by atoms with E-state index in [1.165, 1.54) is 6.92 Å². The van der Waals surface area contributed by atoms with E-state index in [9.17, 15) is 14.4 Å². The van der Waals surface area contributed by atoms with Crippen molar-refractivity contribution in [2.75, 3.05) is 5.32 Å². The average molecular weight is 353 g/mol. The zero-order chi connectivity index (χ0) is 19.1. The van der Waals surface area contributed by atoms with Crippen LogP contribution in [-0.4, -0.2) is 23.8 Å². The molecular formula is C20H23N3O3. The molecule has 0 aliphatic rings. The van der Waals surface area contributed by atoms with Crippen molar-refractivity contribution >= 4 is 23.4 Å². The van der Waals surface area contributed by atoms with E-state index >= 15 is 0 Å². The second kappa shape index (κ2) is 8.80. The van der Waals surface area contributed by atoms with Crippen molar-refractivity contribution in [3.05, 3.63) is 65.2 Å². The van der Waals surface area contributed by atoms with Crippen LogP contribution >= 0.6 is 0 Å². The molecule has 136 valence electrons. The van der Waals surface area contributed by atoms with Crippen LogP contribution in [0.15, 0.2) is 48.5 Å². The molecule has 0 spiro atoms. The highest BCUT2D eigenvalue weighted by Gasteiger charge is 2.08. The summed E-state index contributed by atoms with van der Waals surface area (Å²) in [6, 6.07) is 13.6. The largest absolute Gasteiger partial charge is 0.336 e. The third kappa shape index (κ3) is 5.73. The molecule has 3 amide bonds. The molecule has 6 nitrogen and oxygen atoms in total. The van der Waals surface area contributed by atoms with Crippen LogP contribution in [-0.2, 0) is 6.54 Å². The first-order valence-electron chi connectivity index (χ1n) is 8.41. The maximum absolute atomic E-state index is 12.3. The van der Waals surface area contributed by atoms with Gasteiger partial charge in [0.05, 0.1) is 0 Å². The number of nitrogens with one attached hydrogen (secondary N) is 3. The Morgan fingerprint density at radius 1 is 0.962 bits per heavy atom. The molecule has 6 heteroatoms. The molecule has 0 aromatic heterocycles. The molecule has 0 bridgehead atoms. The molecule has 0 unspecified atom stereocenters. The van der Waals surface area contributed by atoms with Crippen LogP contribution < -0.4 is 16.0 Å². The summed E-state index contributed by atoms with van der Waals surface area (Å²) >= 11 is 0. The number of anilines is 1. The van der Waals surface area contributed by atoms with Gasteiger partial charge >= 0.3 is 6.03 Å². The molecular weight excluding hydrogens is 330 g/mol. The lowest BCUT2D eigenvalue weighted by Crippen LogP contribution is -2.39. The number of urea groups is 1. The van der Waals surface area contributed by atoms with E-state index in [2.05, 4.69) is 16.0 Å². The van der Waals surface area contributed by atoms with E-state index in [0.717, 1.165) is 5.56 Å². The normalized spacial score (nSPS) is 10.3. The summed E-state index contributed by atoms with van der Waals surface area (Å²) in [5.41, 5.74) is 2.50. The van der Waals surface area contributed by atoms with E-state index in [1.807, 2.05) is 13.8 Å². The molecule has 2 aromatic carbocycles. The van der Waals surface area contributed by atoms with Gasteiger partial charge in [0.2, 0.25) is 0 Å². The van der Waals surface area contributed by atoms with Crippen LogP contribution in [0.25, 0.3) is 0 Å². The maximum atomic E-state index is 12.3. The molecule has 26 heavy (non-hydrogen) atoms. The molecule has 2 rings (SSSR count). The van der Waals surface area contributed by atoms with Crippen LogP contribution in [0, 0.1) is 0 Å². The lowest BCUT2D eigenvalue weighted by atomic mass is 10.1. The molecule has 0 aliphatic carbocycles. The smallest absolute Gasteiger partial charge is 0.315 e. The first-order chi connectivity index (χ1) is 12.3. The molecule has 0 saturated carbocycles. The van der Waals surface area contributed by atoms with Crippen molar-refractivity contribution in [3.63, 3.8) is 0 Å². The van der Waals surface area contributed by atoms with Crippen LogP contribution in [0.4, 0.5) is 10.5 Å². The standard InChI is InChI=1S/C20H23N3O3/c1-13(2)22-20(26)21-12-15-7-9-16(10-8-15)19(25)23-18-6-4-5-17(11-18)14(3)24/h4-11,13H,12H2,1-3H3,(H,23,25)(H2,21,22,26). The van der Waals surface area contributed by atoms with Crippen LogP contribution in [0.2, 0.25) is 0 Å². The fourth-order valence-corrected chi connectivity index (χ4v) is 2.29. The number of benzene rings is 2. The average Bonchev–Trinajstić information content (AvgIpc) is 2.60. The van der Waals surface area contributed by atoms with Gasteiger partial charge in [0.25, 0.3) is 5.91 Å². The summed E-state index contributed by atoms with van der Waals surface area (Å²) in [7, 11) is 0. The van der Waals surface area contributed by atoms with E-state index in [0.29, 0.717) is 23.4 Å². The second-order valence-electron chi connectivity index (χ2n) is 6.27. The van der Waals surface area contributed by atoms with Gasteiger partial charge in [0.15, 0.2) is 5.78 Å². The van der Waals surface area contributed by atoms with E-state index in [1.54, 1.807) is 48.5 Å². The van der Waals surface area contributed by atoms with Gasteiger partial charge in [-0.3, -0.25) is 9.59 Å². The highest BCUT2D eigenvalue weighted by molar-refractivity contribution is 6.05. The fourth-order valence-electron chi connectivity index (χ4n) is 2.29. The molecule has 0 fully saturated rings. The van der Waals surface area contributed by atoms with Crippen molar-refractivity contribution in [3.8, 4) is 0 Å². The highest BCUT2D eigenvalue weighted by atomic mass is 16.2. The Kier molecular flexibility index (Phi) is 6.49. The first-order valence-corrected chi connectivity index (χ1v) is 8.41. The zero-order valence-electron chi connectivity index (χ0n) is 15.1. The third-order valence-electron chi connectivity index (χ3n) is 3.62. The first kappa shape index (κ1) is 19.2. The number of Topliss-reactive ketones (excluding diaryl/α,β-unsaturated/α-hetero) is 1. The summed E-state index contributed by atoms with van der Waals surface area (Å²) in [5.74, 6) is -0.317. The Morgan fingerprint density at radius 2 is 1.65 bits per heavy atom. The number of hydrogen-bond donors (Lipinski definition) is 3. The van der Waals surface area contributed by atoms with Gasteiger partial charge in [-0.2, -0.15) is 0 Å². The van der Waals surface area contributed by atoms with E-state index < -0.39 is 0 Å². The Bertz CT molecular complexity index is 798. The summed E-state index contributed by atoms with van der Waals surface area (Å²) in [6.45, 7) is 5.63. The summed E-state index contributed by atoms with van der Waals surface area (Å²) in [6.07, 6.45) is 0. The number of amides is 3. The minimum atomic E-state index is -0.261. The van der Waals surface area contributed by atoms with Gasteiger partial charge < -0.3 is 16.0 Å². The van der Waals surface area contributed by atoms with E-state index in [-0.39, 0.29) is 23.8 Å². The number of hydrogen-bond acceptors (Lipinski definition) is 3. The van der Waals surface area contributed by atoms with E-state index in [4.69, 9.17) is 0 Å². The van der Waals surface area contributed by atoms with Gasteiger partial charge in [-0.05, 0) is 50.6 Å². The predicted octanol–water partition coefficient (Wildman–Crippen LogP) is 3.35. The predicted molar refractivity (Wildman–Crippen MR) is 101 cm³/mol. The van der Waals surface area contributed by atoms with Crippen molar-refractivity contribution in [1.29, 1.82) is 0 Å². The van der Waals surface area contributed by atoms with Crippen molar-refractivity contribution in [2.45, 2.75) is 33.4 Å². The van der Waals surface area contributed by atoms with Crippen molar-refractivity contribution in [1.82, 2.24) is 10.6 Å². The Morgan fingerprint density at radius 3 is 2.27 bits per heavy atom. The second-order valence-corrected chi connectivity index (χ2v) is 6.27. The minimum Gasteiger partial charge on any atom is -0.336 e. The van der Waals surface area contributed by atoms with Crippen molar-refractivity contribution < 1.29 is 14.4 Å². The quantitative estimate of drug-likeness (QED) is 0.696. The Labute approximate surface area is 153 Å². The topological polar surface area (TPSA) is 87.3 Å². The van der Waals surface area contributed by atoms with Crippen molar-refractivity contribution in [2.24, 2.45) is 0 Å². The molecule has 3 N–H and O–H groups in total. The van der Waals surface area contributed by atoms with Gasteiger partial charge in [0.1, 0.15) is 0 Å². The Balaban J connectivity index is 1.95. The summed E-state index contributed by atoms with van der Waals surface area (Å²) < 4.78 is 0. The lowest BCUT2D eigenvalue weighted by molar-refractivity contribution is 0.101. The third-order valence-corrected chi connectivity index (χ3v) is 3.62. The number of carbonyl (C=O) groups is 3. The Hall–Kier alpha value is -3.15. The monoisotopic (exact) mass is 353 g/mol. The number of carbonyl (C=O) groups excluding carboxylic acids is 3. The zero-order valence-corrected chi connectivity index (χ0v) is 15.1. The van der Waals surface area contributed by atoms with Crippen LogP contribution in [0.3, 0.4) is 0 Å². The SMILES string of the molecule is CC(=O)c1cccc(NC(=O)c2ccc(CNC(=O)NC(C)C)cc2)c1. The van der Waals surface area contributed by atoms with Crippen LogP contribution in [0.1, 0.15) is 47.1 Å². The fraction of sp³-hybridized carbons (Fsp3) is 0.250. The van der Waals surface area contributed by atoms with Gasteiger partial charge in [0, 0.05) is 29.4 Å². The summed E-state index contributed by atoms with van der Waals surface area (Å²) in [5, 5.41) is 8.27. The molecule has 0 saturated heterocycles. The van der Waals surface area contributed by atoms with Gasteiger partial charge in [-0.15, -0.1) is 0 Å².